The molecule has 1 aromatic heterocycles. The van der Waals surface area contributed by atoms with Gasteiger partial charge in [0.05, 0.1) is 4.90 Å². The van der Waals surface area contributed by atoms with Crippen molar-refractivity contribution in [1.29, 1.82) is 0 Å². The number of aromatic nitrogens is 1. The van der Waals surface area contributed by atoms with E-state index in [2.05, 4.69) is 20.3 Å². The molecule has 3 amide bonds. The average molecular weight is 482 g/mol. The van der Waals surface area contributed by atoms with Crippen LogP contribution in [0.1, 0.15) is 29.8 Å². The molecule has 9 nitrogen and oxygen atoms in total. The Labute approximate surface area is 199 Å². The lowest BCUT2D eigenvalue weighted by Crippen LogP contribution is -2.30. The van der Waals surface area contributed by atoms with E-state index in [4.69, 9.17) is 0 Å². The van der Waals surface area contributed by atoms with E-state index in [9.17, 15) is 18.0 Å². The van der Waals surface area contributed by atoms with E-state index in [1.165, 1.54) is 24.3 Å². The standard InChI is InChI=1S/C24H27N5O4S/c1-3-29(4-2)23(30)19-7-9-21(10-8-19)28-34(32,33)22-13-11-20(12-14-22)27-24(31)26-17-18-6-5-15-25-16-18/h5-16,28H,3-4,17H2,1-2H3,(H2,26,27,31). The van der Waals surface area contributed by atoms with E-state index in [-0.39, 0.29) is 10.8 Å². The fraction of sp³-hybridized carbons (Fsp3) is 0.208. The Morgan fingerprint density at radius 1 is 0.912 bits per heavy atom. The van der Waals surface area contributed by atoms with E-state index in [0.717, 1.165) is 5.56 Å². The first-order chi connectivity index (χ1) is 16.3. The topological polar surface area (TPSA) is 121 Å². The number of hydrogen-bond donors (Lipinski definition) is 3. The van der Waals surface area contributed by atoms with Gasteiger partial charge >= 0.3 is 6.03 Å². The highest BCUT2D eigenvalue weighted by molar-refractivity contribution is 7.92. The van der Waals surface area contributed by atoms with Crippen LogP contribution in [-0.2, 0) is 16.6 Å². The van der Waals surface area contributed by atoms with Crippen LogP contribution in [0.5, 0.6) is 0 Å². The van der Waals surface area contributed by atoms with Crippen LogP contribution >= 0.6 is 0 Å². The van der Waals surface area contributed by atoms with Gasteiger partial charge in [0.25, 0.3) is 15.9 Å². The third-order valence-electron chi connectivity index (χ3n) is 5.03. The second-order valence-electron chi connectivity index (χ2n) is 7.35. The van der Waals surface area contributed by atoms with Crippen LogP contribution in [0.3, 0.4) is 0 Å². The molecule has 0 radical (unpaired) electrons. The SMILES string of the molecule is CCN(CC)C(=O)c1ccc(NS(=O)(=O)c2ccc(NC(=O)NCc3cccnc3)cc2)cc1. The second kappa shape index (κ2) is 11.3. The van der Waals surface area contributed by atoms with Crippen LogP contribution in [0.2, 0.25) is 0 Å². The lowest BCUT2D eigenvalue weighted by Gasteiger charge is -2.18. The van der Waals surface area contributed by atoms with E-state index < -0.39 is 16.1 Å². The lowest BCUT2D eigenvalue weighted by atomic mass is 10.2. The van der Waals surface area contributed by atoms with Gasteiger partial charge < -0.3 is 15.5 Å². The molecule has 0 spiro atoms. The van der Waals surface area contributed by atoms with Crippen molar-refractivity contribution < 1.29 is 18.0 Å². The molecule has 34 heavy (non-hydrogen) atoms. The minimum Gasteiger partial charge on any atom is -0.339 e. The zero-order valence-electron chi connectivity index (χ0n) is 19.0. The molecule has 3 aromatic rings. The van der Waals surface area contributed by atoms with Crippen molar-refractivity contribution in [3.8, 4) is 0 Å². The molecule has 0 fully saturated rings. The van der Waals surface area contributed by atoms with Crippen molar-refractivity contribution in [2.45, 2.75) is 25.3 Å². The number of hydrogen-bond acceptors (Lipinski definition) is 5. The maximum Gasteiger partial charge on any atom is 0.319 e. The zero-order chi connectivity index (χ0) is 24.6. The molecule has 0 aliphatic carbocycles. The van der Waals surface area contributed by atoms with Gasteiger partial charge in [-0.05, 0) is 74.0 Å². The number of anilines is 2. The summed E-state index contributed by atoms with van der Waals surface area (Å²) < 4.78 is 27.9. The highest BCUT2D eigenvalue weighted by atomic mass is 32.2. The minimum atomic E-state index is -3.84. The molecule has 1 heterocycles. The first kappa shape index (κ1) is 24.7. The van der Waals surface area contributed by atoms with Crippen LogP contribution in [0, 0.1) is 0 Å². The van der Waals surface area contributed by atoms with Crippen LogP contribution in [0.15, 0.2) is 78.0 Å². The highest BCUT2D eigenvalue weighted by Crippen LogP contribution is 2.19. The smallest absolute Gasteiger partial charge is 0.319 e. The lowest BCUT2D eigenvalue weighted by molar-refractivity contribution is 0.0773. The number of urea groups is 1. The number of rotatable bonds is 9. The summed E-state index contributed by atoms with van der Waals surface area (Å²) in [5.41, 5.74) is 2.13. The van der Waals surface area contributed by atoms with Crippen molar-refractivity contribution in [2.24, 2.45) is 0 Å². The normalized spacial score (nSPS) is 10.9. The number of benzene rings is 2. The average Bonchev–Trinajstić information content (AvgIpc) is 2.84. The maximum absolute atomic E-state index is 12.7. The molecule has 0 saturated heterocycles. The summed E-state index contributed by atoms with van der Waals surface area (Å²) in [6, 6.07) is 15.3. The number of carbonyl (C=O) groups is 2. The Hall–Kier alpha value is -3.92. The Kier molecular flexibility index (Phi) is 8.20. The van der Waals surface area contributed by atoms with Gasteiger partial charge in [-0.15, -0.1) is 0 Å². The van der Waals surface area contributed by atoms with Gasteiger partial charge in [-0.1, -0.05) is 6.07 Å². The summed E-state index contributed by atoms with van der Waals surface area (Å²) in [5, 5.41) is 5.36. The number of amides is 3. The van der Waals surface area contributed by atoms with Gasteiger partial charge in [0.15, 0.2) is 0 Å². The molecule has 0 bridgehead atoms. The molecule has 3 N–H and O–H groups in total. The number of sulfonamides is 1. The minimum absolute atomic E-state index is 0.0390. The molecule has 0 aliphatic rings. The largest absolute Gasteiger partial charge is 0.339 e. The molecule has 178 valence electrons. The van der Waals surface area contributed by atoms with Crippen LogP contribution < -0.4 is 15.4 Å². The predicted molar refractivity (Wildman–Crippen MR) is 131 cm³/mol. The summed E-state index contributed by atoms with van der Waals surface area (Å²) in [5.74, 6) is -0.105. The molecule has 0 unspecified atom stereocenters. The van der Waals surface area contributed by atoms with Gasteiger partial charge in [0.1, 0.15) is 0 Å². The molecular weight excluding hydrogens is 454 g/mol. The molecular formula is C24H27N5O4S. The monoisotopic (exact) mass is 481 g/mol. The third kappa shape index (κ3) is 6.55. The van der Waals surface area contributed by atoms with Crippen LogP contribution in [0.4, 0.5) is 16.2 Å². The number of nitrogens with zero attached hydrogens (tertiary/aromatic N) is 2. The summed E-state index contributed by atoms with van der Waals surface area (Å²) in [7, 11) is -3.84. The van der Waals surface area contributed by atoms with Crippen molar-refractivity contribution >= 4 is 33.3 Å². The fourth-order valence-electron chi connectivity index (χ4n) is 3.17. The van der Waals surface area contributed by atoms with E-state index >= 15 is 0 Å². The first-order valence-corrected chi connectivity index (χ1v) is 12.3. The highest BCUT2D eigenvalue weighted by Gasteiger charge is 2.16. The van der Waals surface area contributed by atoms with E-state index in [0.29, 0.717) is 36.6 Å². The van der Waals surface area contributed by atoms with Crippen molar-refractivity contribution in [3.05, 3.63) is 84.2 Å². The summed E-state index contributed by atoms with van der Waals surface area (Å²) in [6.45, 7) is 5.32. The summed E-state index contributed by atoms with van der Waals surface area (Å²) in [4.78, 5) is 30.2. The molecule has 0 aliphatic heterocycles. The van der Waals surface area contributed by atoms with Gasteiger partial charge in [0.2, 0.25) is 0 Å². The maximum atomic E-state index is 12.7. The van der Waals surface area contributed by atoms with Gasteiger partial charge in [0, 0.05) is 49.0 Å². The summed E-state index contributed by atoms with van der Waals surface area (Å²) >= 11 is 0. The first-order valence-electron chi connectivity index (χ1n) is 10.8. The fourth-order valence-corrected chi connectivity index (χ4v) is 4.22. The van der Waals surface area contributed by atoms with E-state index in [1.54, 1.807) is 47.6 Å². The van der Waals surface area contributed by atoms with E-state index in [1.807, 2.05) is 19.9 Å². The second-order valence-corrected chi connectivity index (χ2v) is 9.04. The zero-order valence-corrected chi connectivity index (χ0v) is 19.8. The number of pyridine rings is 1. The van der Waals surface area contributed by atoms with Gasteiger partial charge in [-0.25, -0.2) is 13.2 Å². The Morgan fingerprint density at radius 3 is 2.15 bits per heavy atom. The predicted octanol–water partition coefficient (Wildman–Crippen LogP) is 3.69. The van der Waals surface area contributed by atoms with Crippen molar-refractivity contribution in [1.82, 2.24) is 15.2 Å². The molecule has 10 heteroatoms. The quantitative estimate of drug-likeness (QED) is 0.431. The Balaban J connectivity index is 1.59. The Bertz CT molecular complexity index is 1210. The van der Waals surface area contributed by atoms with Crippen molar-refractivity contribution in [2.75, 3.05) is 23.1 Å². The molecule has 2 aromatic carbocycles. The van der Waals surface area contributed by atoms with Gasteiger partial charge in [-0.2, -0.15) is 0 Å². The molecule has 0 saturated carbocycles. The Morgan fingerprint density at radius 2 is 1.56 bits per heavy atom. The van der Waals surface area contributed by atoms with Crippen LogP contribution in [0.25, 0.3) is 0 Å². The van der Waals surface area contributed by atoms with Gasteiger partial charge in [-0.3, -0.25) is 14.5 Å². The molecule has 3 rings (SSSR count). The third-order valence-corrected chi connectivity index (χ3v) is 6.43. The van der Waals surface area contributed by atoms with Crippen molar-refractivity contribution in [3.63, 3.8) is 0 Å². The number of nitrogens with one attached hydrogen (secondary N) is 3. The molecule has 0 atom stereocenters. The summed E-state index contributed by atoms with van der Waals surface area (Å²) in [6.07, 6.45) is 3.31. The number of carbonyl (C=O) groups excluding carboxylic acids is 2. The van der Waals surface area contributed by atoms with Crippen LogP contribution in [-0.4, -0.2) is 43.3 Å².